The van der Waals surface area contributed by atoms with Gasteiger partial charge in [0.1, 0.15) is 0 Å². The van der Waals surface area contributed by atoms with Crippen LogP contribution in [0.25, 0.3) is 0 Å². The molecule has 2 aromatic heterocycles. The Labute approximate surface area is 94.9 Å². The van der Waals surface area contributed by atoms with Gasteiger partial charge in [0.25, 0.3) is 0 Å². The van der Waals surface area contributed by atoms with Crippen LogP contribution < -0.4 is 5.73 Å². The van der Waals surface area contributed by atoms with Crippen LogP contribution >= 0.6 is 0 Å². The average Bonchev–Trinajstić information content (AvgIpc) is 2.86. The van der Waals surface area contributed by atoms with Crippen LogP contribution in [0.3, 0.4) is 0 Å². The van der Waals surface area contributed by atoms with E-state index < -0.39 is 0 Å². The zero-order chi connectivity index (χ0) is 11.5. The summed E-state index contributed by atoms with van der Waals surface area (Å²) < 4.78 is 3.86. The van der Waals surface area contributed by atoms with E-state index in [-0.39, 0.29) is 6.04 Å². The van der Waals surface area contributed by atoms with Crippen molar-refractivity contribution in [3.05, 3.63) is 36.2 Å². The van der Waals surface area contributed by atoms with Crippen LogP contribution in [0.15, 0.2) is 24.9 Å². The van der Waals surface area contributed by atoms with Gasteiger partial charge in [0, 0.05) is 26.0 Å². The van der Waals surface area contributed by atoms with Crippen LogP contribution in [0.2, 0.25) is 0 Å². The molecular formula is C11H17N5. The monoisotopic (exact) mass is 219 g/mol. The van der Waals surface area contributed by atoms with Crippen LogP contribution in [0, 0.1) is 0 Å². The molecule has 0 fully saturated rings. The van der Waals surface area contributed by atoms with Gasteiger partial charge in [-0.05, 0) is 18.9 Å². The first kappa shape index (κ1) is 10.9. The highest BCUT2D eigenvalue weighted by molar-refractivity contribution is 5.12. The molecule has 16 heavy (non-hydrogen) atoms. The van der Waals surface area contributed by atoms with E-state index in [2.05, 4.69) is 17.0 Å². The van der Waals surface area contributed by atoms with Crippen molar-refractivity contribution in [1.29, 1.82) is 0 Å². The molecule has 1 unspecified atom stereocenters. The van der Waals surface area contributed by atoms with Crippen LogP contribution in [-0.2, 0) is 20.0 Å². The first-order chi connectivity index (χ1) is 7.70. The predicted molar refractivity (Wildman–Crippen MR) is 61.7 cm³/mol. The van der Waals surface area contributed by atoms with Gasteiger partial charge < -0.3 is 10.3 Å². The van der Waals surface area contributed by atoms with E-state index in [1.165, 1.54) is 0 Å². The van der Waals surface area contributed by atoms with E-state index in [1.54, 1.807) is 6.33 Å². The Morgan fingerprint density at radius 1 is 1.44 bits per heavy atom. The van der Waals surface area contributed by atoms with Crippen molar-refractivity contribution in [3.63, 3.8) is 0 Å². The lowest BCUT2D eigenvalue weighted by Crippen LogP contribution is -2.16. The summed E-state index contributed by atoms with van der Waals surface area (Å²) in [5.74, 6) is 0. The minimum Gasteiger partial charge on any atom is -0.336 e. The Morgan fingerprint density at radius 2 is 2.25 bits per heavy atom. The first-order valence-corrected chi connectivity index (χ1v) is 5.43. The lowest BCUT2D eigenvalue weighted by Gasteiger charge is -2.10. The summed E-state index contributed by atoms with van der Waals surface area (Å²) in [6.07, 6.45) is 8.29. The molecule has 2 heterocycles. The number of hydrogen-bond donors (Lipinski definition) is 1. The first-order valence-electron chi connectivity index (χ1n) is 5.43. The molecule has 5 heteroatoms. The number of rotatable bonds is 4. The van der Waals surface area contributed by atoms with Gasteiger partial charge in [0.05, 0.1) is 24.3 Å². The van der Waals surface area contributed by atoms with Gasteiger partial charge in [0.2, 0.25) is 0 Å². The third kappa shape index (κ3) is 2.14. The zero-order valence-corrected chi connectivity index (χ0v) is 9.67. The standard InChI is InChI=1S/C11H17N5/c1-3-16-7-9(5-14-16)4-10(12)11-6-13-8-15(11)2/h5-8,10H,3-4,12H2,1-2H3. The van der Waals surface area contributed by atoms with Gasteiger partial charge in [-0.2, -0.15) is 5.10 Å². The Hall–Kier alpha value is -1.62. The summed E-state index contributed by atoms with van der Waals surface area (Å²) >= 11 is 0. The number of nitrogens with zero attached hydrogens (tertiary/aromatic N) is 4. The maximum atomic E-state index is 6.13. The predicted octanol–water partition coefficient (Wildman–Crippen LogP) is 0.879. The number of imidazole rings is 1. The van der Waals surface area contributed by atoms with E-state index in [0.717, 1.165) is 24.2 Å². The highest BCUT2D eigenvalue weighted by Gasteiger charge is 2.11. The SMILES string of the molecule is CCn1cc(CC(N)c2cncn2C)cn1. The summed E-state index contributed by atoms with van der Waals surface area (Å²) in [6.45, 7) is 2.96. The van der Waals surface area contributed by atoms with Crippen molar-refractivity contribution in [2.75, 3.05) is 0 Å². The molecule has 0 spiro atoms. The number of hydrogen-bond acceptors (Lipinski definition) is 3. The van der Waals surface area contributed by atoms with Crippen LogP contribution in [0.1, 0.15) is 24.2 Å². The molecule has 0 aliphatic heterocycles. The highest BCUT2D eigenvalue weighted by Crippen LogP contribution is 2.14. The van der Waals surface area contributed by atoms with Crippen molar-refractivity contribution < 1.29 is 0 Å². The van der Waals surface area contributed by atoms with Crippen molar-refractivity contribution in [3.8, 4) is 0 Å². The summed E-state index contributed by atoms with van der Waals surface area (Å²) in [6, 6.07) is -0.0259. The molecule has 86 valence electrons. The van der Waals surface area contributed by atoms with Gasteiger partial charge in [-0.15, -0.1) is 0 Å². The molecule has 0 aliphatic rings. The molecule has 0 saturated heterocycles. The third-order valence-corrected chi connectivity index (χ3v) is 2.70. The van der Waals surface area contributed by atoms with Crippen molar-refractivity contribution in [2.45, 2.75) is 25.9 Å². The van der Waals surface area contributed by atoms with Crippen molar-refractivity contribution in [2.24, 2.45) is 12.8 Å². The van der Waals surface area contributed by atoms with E-state index in [4.69, 9.17) is 5.73 Å². The Kier molecular flexibility index (Phi) is 3.05. The largest absolute Gasteiger partial charge is 0.336 e. The maximum Gasteiger partial charge on any atom is 0.0946 e. The van der Waals surface area contributed by atoms with Crippen LogP contribution in [-0.4, -0.2) is 19.3 Å². The Balaban J connectivity index is 2.07. The van der Waals surface area contributed by atoms with Gasteiger partial charge in [-0.1, -0.05) is 0 Å². The second kappa shape index (κ2) is 4.49. The average molecular weight is 219 g/mol. The Morgan fingerprint density at radius 3 is 2.81 bits per heavy atom. The molecule has 1 atom stereocenters. The summed E-state index contributed by atoms with van der Waals surface area (Å²) in [7, 11) is 1.96. The summed E-state index contributed by atoms with van der Waals surface area (Å²) in [4.78, 5) is 4.07. The van der Waals surface area contributed by atoms with E-state index in [9.17, 15) is 0 Å². The second-order valence-electron chi connectivity index (χ2n) is 3.94. The second-order valence-corrected chi connectivity index (χ2v) is 3.94. The minimum atomic E-state index is -0.0259. The zero-order valence-electron chi connectivity index (χ0n) is 9.67. The van der Waals surface area contributed by atoms with E-state index in [1.807, 2.05) is 34.9 Å². The fourth-order valence-electron chi connectivity index (χ4n) is 1.77. The van der Waals surface area contributed by atoms with Gasteiger partial charge in [-0.3, -0.25) is 4.68 Å². The smallest absolute Gasteiger partial charge is 0.0946 e. The van der Waals surface area contributed by atoms with Crippen molar-refractivity contribution in [1.82, 2.24) is 19.3 Å². The maximum absolute atomic E-state index is 6.13. The minimum absolute atomic E-state index is 0.0259. The topological polar surface area (TPSA) is 61.7 Å². The Bertz CT molecular complexity index is 456. The molecule has 2 aromatic rings. The number of aryl methyl sites for hydroxylation is 2. The molecule has 0 bridgehead atoms. The van der Waals surface area contributed by atoms with Gasteiger partial charge in [-0.25, -0.2) is 4.98 Å². The molecule has 0 radical (unpaired) electrons. The van der Waals surface area contributed by atoms with E-state index in [0.29, 0.717) is 0 Å². The van der Waals surface area contributed by atoms with Gasteiger partial charge >= 0.3 is 0 Å². The summed E-state index contributed by atoms with van der Waals surface area (Å²) in [5.41, 5.74) is 8.33. The lowest BCUT2D eigenvalue weighted by atomic mass is 10.1. The third-order valence-electron chi connectivity index (χ3n) is 2.70. The van der Waals surface area contributed by atoms with Gasteiger partial charge in [0.15, 0.2) is 0 Å². The molecular weight excluding hydrogens is 202 g/mol. The van der Waals surface area contributed by atoms with Crippen LogP contribution in [0.4, 0.5) is 0 Å². The number of nitrogens with two attached hydrogens (primary N) is 1. The molecule has 0 amide bonds. The highest BCUT2D eigenvalue weighted by atomic mass is 15.3. The molecule has 0 aromatic carbocycles. The molecule has 5 nitrogen and oxygen atoms in total. The normalized spacial score (nSPS) is 12.9. The fourth-order valence-corrected chi connectivity index (χ4v) is 1.77. The van der Waals surface area contributed by atoms with Crippen molar-refractivity contribution >= 4 is 0 Å². The summed E-state index contributed by atoms with van der Waals surface area (Å²) in [5, 5.41) is 4.23. The quantitative estimate of drug-likeness (QED) is 0.830. The fraction of sp³-hybridized carbons (Fsp3) is 0.455. The lowest BCUT2D eigenvalue weighted by molar-refractivity contribution is 0.647. The molecule has 0 aliphatic carbocycles. The molecule has 2 N–H and O–H groups in total. The number of aromatic nitrogens is 4. The molecule has 0 saturated carbocycles. The molecule has 2 rings (SSSR count). The van der Waals surface area contributed by atoms with Crippen LogP contribution in [0.5, 0.6) is 0 Å². The van der Waals surface area contributed by atoms with E-state index >= 15 is 0 Å².